The van der Waals surface area contributed by atoms with Gasteiger partial charge in [-0.25, -0.2) is 0 Å². The molecule has 42 nitrogen and oxygen atoms in total. The molecule has 0 aromatic rings. The van der Waals surface area contributed by atoms with Crippen LogP contribution in [0.5, 0.6) is 0 Å². The Morgan fingerprint density at radius 2 is 0.269 bits per heavy atom. The van der Waals surface area contributed by atoms with Crippen LogP contribution in [0, 0.1) is 58.4 Å². The maximum atomic E-state index is 9.88. The van der Waals surface area contributed by atoms with E-state index in [0.29, 0.717) is 77.8 Å². The zero-order valence-electron chi connectivity index (χ0n) is 78.4. The number of aliphatic hydroxyl groups is 24. The molecule has 2 fully saturated rings. The van der Waals surface area contributed by atoms with E-state index in [1.165, 1.54) is 0 Å². The Hall–Kier alpha value is 2.71. The van der Waals surface area contributed by atoms with Gasteiger partial charge in [-0.15, -0.1) is 0 Å². The second-order valence-electron chi connectivity index (χ2n) is 33.0. The Morgan fingerprint density at radius 3 is 0.366 bits per heavy atom. The Balaban J connectivity index is 0. The van der Waals surface area contributed by atoms with Gasteiger partial charge < -0.3 is 209 Å². The van der Waals surface area contributed by atoms with Crippen molar-refractivity contribution in [2.75, 3.05) is 316 Å². The summed E-state index contributed by atoms with van der Waals surface area (Å²) in [5, 5.41) is 228. The van der Waals surface area contributed by atoms with Gasteiger partial charge in [0.25, 0.3) is 0 Å². The first-order valence-electron chi connectivity index (χ1n) is 46.7. The number of hydrogen-bond donors (Lipinski definition) is 24. The van der Waals surface area contributed by atoms with Crippen LogP contribution in [0.4, 0.5) is 0 Å². The number of hydrogen-bond acceptors (Lipinski definition) is 42. The van der Waals surface area contributed by atoms with Gasteiger partial charge in [0.15, 0.2) is 0 Å². The Kier molecular flexibility index (Phi) is 101. The van der Waals surface area contributed by atoms with Crippen molar-refractivity contribution in [3.8, 4) is 0 Å². The molecule has 2 heterocycles. The van der Waals surface area contributed by atoms with Gasteiger partial charge in [-0.2, -0.15) is 0 Å². The van der Waals surface area contributed by atoms with Crippen molar-refractivity contribution in [1.29, 1.82) is 0 Å². The molecule has 18 atom stereocenters. The summed E-state index contributed by atoms with van der Waals surface area (Å²) in [5.41, 5.74) is 0. The molecule has 134 heavy (non-hydrogen) atoms. The molecule has 0 amide bonds. The molecule has 50 heteroatoms. The second-order valence-corrected chi connectivity index (χ2v) is 52.9. The van der Waals surface area contributed by atoms with E-state index in [2.05, 4.69) is 29.4 Å². The third-order valence-electron chi connectivity index (χ3n) is 21.8. The summed E-state index contributed by atoms with van der Waals surface area (Å²) in [4.78, 5) is 14.2. The van der Waals surface area contributed by atoms with E-state index >= 15 is 0 Å². The average Bonchev–Trinajstić information content (AvgIpc) is 1.72. The molecule has 0 saturated carbocycles. The predicted octanol–water partition coefficient (Wildman–Crippen LogP) is -4.38. The van der Waals surface area contributed by atoms with Gasteiger partial charge in [0.05, 0.1) is 229 Å². The molecule has 0 bridgehead atoms. The number of ether oxygens (including phenoxy) is 12. The minimum absolute atomic E-state index is 0.221. The quantitative estimate of drug-likeness (QED) is 0.0256. The van der Waals surface area contributed by atoms with Crippen molar-refractivity contribution in [2.45, 2.75) is 225 Å². The predicted molar refractivity (Wildman–Crippen MR) is 497 cm³/mol. The Labute approximate surface area is 836 Å². The van der Waals surface area contributed by atoms with Crippen LogP contribution in [0.15, 0.2) is 0 Å². The van der Waals surface area contributed by atoms with Crippen LogP contribution in [0.2, 0.25) is 0 Å². The summed E-state index contributed by atoms with van der Waals surface area (Å²) in [7, 11) is 0. The molecule has 0 aliphatic carbocycles. The van der Waals surface area contributed by atoms with Gasteiger partial charge in [-0.05, 0) is 116 Å². The molecule has 2 aliphatic heterocycles. The van der Waals surface area contributed by atoms with E-state index in [1.54, 1.807) is 0 Å². The van der Waals surface area contributed by atoms with Crippen LogP contribution < -0.4 is 0 Å². The van der Waals surface area contributed by atoms with Gasteiger partial charge >= 0.3 is 94.2 Å². The van der Waals surface area contributed by atoms with Crippen LogP contribution in [0.1, 0.15) is 116 Å². The number of rotatable bonds is 84. The fourth-order valence-electron chi connectivity index (χ4n) is 12.9. The number of aliphatic hydroxyl groups excluding tert-OH is 24. The number of halogens is 6. The molecule has 0 spiro atoms. The third kappa shape index (κ3) is 88.8. The maximum absolute atomic E-state index is 9.88. The molecule has 2 aliphatic rings. The summed E-state index contributed by atoms with van der Waals surface area (Å²) in [6.45, 7) is 12.7. The molecule has 0 radical (unpaired) electrons. The monoisotopic (exact) mass is 2370 g/mol. The van der Waals surface area contributed by atoms with Crippen molar-refractivity contribution >= 4 is 35.8 Å². The molecule has 0 aromatic carbocycles. The van der Waals surface area contributed by atoms with E-state index in [9.17, 15) is 123 Å². The fourth-order valence-corrected chi connectivity index (χ4v) is 12.9. The summed E-state index contributed by atoms with van der Waals surface area (Å²) < 4.78 is 71.5. The van der Waals surface area contributed by atoms with Crippen molar-refractivity contribution < 1.29 is 238 Å². The van der Waals surface area contributed by atoms with Crippen LogP contribution in [0.3, 0.4) is 0 Å². The van der Waals surface area contributed by atoms with Crippen LogP contribution >= 0.6 is 35.8 Å². The summed E-state index contributed by atoms with van der Waals surface area (Å²) >= 11 is -3.96. The molecule has 2 rings (SSSR count). The molecule has 0 aromatic heterocycles. The first kappa shape index (κ1) is 139. The van der Waals surface area contributed by atoms with Crippen molar-refractivity contribution in [2.24, 2.45) is 0 Å². The van der Waals surface area contributed by atoms with Crippen molar-refractivity contribution in [3.63, 3.8) is 0 Å². The molecular weight excluding hydrogens is 2200 g/mol. The third-order valence-corrected chi connectivity index (χ3v) is 21.8. The first-order valence-corrected chi connectivity index (χ1v) is 63.7. The van der Waals surface area contributed by atoms with Gasteiger partial charge in [0.1, 0.15) is 0 Å². The van der Waals surface area contributed by atoms with Crippen LogP contribution in [-0.2, 0) is 56.8 Å². The van der Waals surface area contributed by atoms with Crippen LogP contribution in [-0.4, -0.2) is 578 Å². The fraction of sp³-hybridized carbons (Fsp3) is 1.00. The van der Waals surface area contributed by atoms with E-state index in [-0.39, 0.29) is 312 Å². The SMILES string of the molecule is OC[C@H](O)CCOC[C@@H](CCN1CCN(CC[C@H](COCC[C@@H](O)CO)OCC[C@@H](O)CO)CCN(CC[C@H](COCC[C@@H](O)CO)OCC[C@@H](O)CO)CC1)OCC[C@@H](O)CO.OC[C@H](O)CCOC[C@@H](CCN1CCN(CC[C@H](COCC[C@@H](O)CO)OCC[C@@H](O)CO)CCN(CC[C@H](COCC[C@@H](O)CO)OCC[C@@H](O)CO)CC1)OCC[C@@H](O)CO.[Cl][Gd]([Cl])[Cl].[Cl][Gd]([Cl])[Cl]. The molecular formula is C84H174Cl6Gd2N6O36. The van der Waals surface area contributed by atoms with E-state index in [4.69, 9.17) is 92.7 Å². The van der Waals surface area contributed by atoms with E-state index in [0.717, 1.165) is 78.5 Å². The Bertz CT molecular complexity index is 2040. The van der Waals surface area contributed by atoms with Gasteiger partial charge in [0, 0.05) is 197 Å². The zero-order chi connectivity index (χ0) is 100. The van der Waals surface area contributed by atoms with E-state index in [1.807, 2.05) is 0 Å². The molecule has 24 N–H and O–H groups in total. The Morgan fingerprint density at radius 1 is 0.172 bits per heavy atom. The summed E-state index contributed by atoms with van der Waals surface area (Å²) in [5.74, 6) is 29.9. The van der Waals surface area contributed by atoms with E-state index < -0.39 is 132 Å². The zero-order valence-corrected chi connectivity index (χ0v) is 87.4. The molecule has 0 unspecified atom stereocenters. The molecule has 2 saturated heterocycles. The van der Waals surface area contributed by atoms with Gasteiger partial charge in [-0.1, -0.05) is 0 Å². The van der Waals surface area contributed by atoms with Gasteiger partial charge in [0.2, 0.25) is 0 Å². The average molecular weight is 2370 g/mol. The normalized spacial score (nSPS) is 18.9. The first-order chi connectivity index (χ1) is 64.4. The summed E-state index contributed by atoms with van der Waals surface area (Å²) in [6.07, 6.45) is -5.80. The standard InChI is InChI=1S/2C42H87N3O18.6ClH.2Gd/c2*46-25-34(52)4-19-58-31-40(61-22-7-37(55)28-49)1-10-43-13-15-44(11-2-41(62-23-8-38(56)29-50)32-59-20-5-35(53)26-47)17-18-45(16-14-43)12-3-42(63-24-9-39(57)30-51)33-60-21-6-36(54)27-48;;;;;;;;/h2*34-42,46-57H,1-33H2;6*1H;;/q;;;;;;;;2*+3/p-6/t2*34-,35-,36-,37-,38-,39-,40-,41-,42-;;;;;;;;/m11......../s1. The van der Waals surface area contributed by atoms with Gasteiger partial charge in [-0.3, -0.25) is 0 Å². The van der Waals surface area contributed by atoms with Crippen molar-refractivity contribution in [1.82, 2.24) is 29.4 Å². The van der Waals surface area contributed by atoms with Crippen molar-refractivity contribution in [3.05, 3.63) is 0 Å². The molecule has 814 valence electrons. The summed E-state index contributed by atoms with van der Waals surface area (Å²) in [6, 6.07) is 0. The minimum atomic E-state index is -1.98. The number of nitrogens with zero attached hydrogens (tertiary/aromatic N) is 6. The topological polar surface area (TPSA) is 616 Å². The second kappa shape index (κ2) is 97.8. The van der Waals surface area contributed by atoms with Crippen LogP contribution in [0.25, 0.3) is 0 Å².